The van der Waals surface area contributed by atoms with Crippen LogP contribution in [0.1, 0.15) is 21.9 Å². The van der Waals surface area contributed by atoms with E-state index in [1.54, 1.807) is 12.1 Å². The number of imide groups is 1. The number of carbonyl (C=O) groups is 3. The van der Waals surface area contributed by atoms with Crippen molar-refractivity contribution < 1.29 is 18.8 Å². The Hall–Kier alpha value is -4.02. The molecule has 3 unspecified atom stereocenters. The fourth-order valence-electron chi connectivity index (χ4n) is 5.10. The SMILES string of the molecule is Cc1ccc(NC(=O)Cn2c3c(sc2=O)C(c2ccccc2)C2C(=O)N(c4ccc(F)cc4)C(=O)C2S3)cc1. The first-order valence-corrected chi connectivity index (χ1v) is 14.0. The molecule has 0 radical (unpaired) electrons. The number of nitrogens with zero attached hydrogens (tertiary/aromatic N) is 2. The van der Waals surface area contributed by atoms with Gasteiger partial charge in [0.05, 0.1) is 16.6 Å². The van der Waals surface area contributed by atoms with Crippen LogP contribution < -0.4 is 15.1 Å². The van der Waals surface area contributed by atoms with Gasteiger partial charge in [-0.25, -0.2) is 9.29 Å². The molecule has 196 valence electrons. The minimum absolute atomic E-state index is 0.228. The minimum atomic E-state index is -0.805. The molecule has 0 spiro atoms. The van der Waals surface area contributed by atoms with Crippen LogP contribution in [0.2, 0.25) is 0 Å². The van der Waals surface area contributed by atoms with E-state index < -0.39 is 34.7 Å². The van der Waals surface area contributed by atoms with Gasteiger partial charge in [-0.1, -0.05) is 71.1 Å². The van der Waals surface area contributed by atoms with E-state index in [-0.39, 0.29) is 17.3 Å². The van der Waals surface area contributed by atoms with Gasteiger partial charge in [-0.2, -0.15) is 0 Å². The second kappa shape index (κ2) is 9.94. The third-order valence-electron chi connectivity index (χ3n) is 6.93. The predicted octanol–water partition coefficient (Wildman–Crippen LogP) is 4.79. The number of fused-ring (bicyclic) bond motifs is 2. The molecule has 2 aliphatic heterocycles. The first kappa shape index (κ1) is 25.3. The van der Waals surface area contributed by atoms with Crippen LogP contribution in [0.15, 0.2) is 88.7 Å². The van der Waals surface area contributed by atoms with E-state index in [2.05, 4.69) is 5.32 Å². The quantitative estimate of drug-likeness (QED) is 0.355. The molecule has 3 aromatic carbocycles. The Morgan fingerprint density at radius 2 is 1.62 bits per heavy atom. The molecule has 4 aromatic rings. The summed E-state index contributed by atoms with van der Waals surface area (Å²) in [6.45, 7) is 1.72. The molecule has 0 aliphatic carbocycles. The Morgan fingerprint density at radius 1 is 0.923 bits per heavy atom. The molecule has 3 heterocycles. The average Bonchev–Trinajstić information content (AvgIpc) is 3.37. The molecule has 7 nitrogen and oxygen atoms in total. The van der Waals surface area contributed by atoms with E-state index in [0.717, 1.165) is 39.1 Å². The number of carbonyl (C=O) groups excluding carboxylic acids is 3. The highest BCUT2D eigenvalue weighted by atomic mass is 32.2. The lowest BCUT2D eigenvalue weighted by Crippen LogP contribution is -2.33. The fourth-order valence-corrected chi connectivity index (χ4v) is 7.87. The fraction of sp³-hybridized carbons (Fsp3) is 0.172. The standard InChI is InChI=1S/C29H22FN3O4S2/c1-16-7-11-19(12-8-16)31-21(34)15-32-28-25(39-29(32)37)22(17-5-3-2-4-6-17)23-24(38-28)27(36)33(26(23)35)20-13-9-18(30)10-14-20/h2-14,22-24H,15H2,1H3,(H,31,34). The first-order chi connectivity index (χ1) is 18.8. The van der Waals surface area contributed by atoms with Gasteiger partial charge in [0.1, 0.15) is 17.6 Å². The summed E-state index contributed by atoms with van der Waals surface area (Å²) in [5.74, 6) is -2.97. The lowest BCUT2D eigenvalue weighted by atomic mass is 9.83. The van der Waals surface area contributed by atoms with Crippen molar-refractivity contribution in [3.8, 4) is 0 Å². The van der Waals surface area contributed by atoms with E-state index >= 15 is 0 Å². The van der Waals surface area contributed by atoms with Crippen LogP contribution in [0.3, 0.4) is 0 Å². The van der Waals surface area contributed by atoms with Gasteiger partial charge in [0.25, 0.3) is 0 Å². The molecule has 3 atom stereocenters. The van der Waals surface area contributed by atoms with Gasteiger partial charge in [0.15, 0.2) is 0 Å². The summed E-state index contributed by atoms with van der Waals surface area (Å²) in [4.78, 5) is 55.0. The summed E-state index contributed by atoms with van der Waals surface area (Å²) in [5, 5.41) is 2.53. The van der Waals surface area contributed by atoms with Gasteiger partial charge in [-0.15, -0.1) is 0 Å². The van der Waals surface area contributed by atoms with Gasteiger partial charge in [0.2, 0.25) is 17.7 Å². The molecular weight excluding hydrogens is 537 g/mol. The summed E-state index contributed by atoms with van der Waals surface area (Å²) in [6, 6.07) is 21.9. The van der Waals surface area contributed by atoms with Crippen LogP contribution in [0.25, 0.3) is 0 Å². The number of hydrogen-bond acceptors (Lipinski definition) is 6. The van der Waals surface area contributed by atoms with Gasteiger partial charge >= 0.3 is 4.87 Å². The number of aryl methyl sites for hydroxylation is 1. The molecule has 1 fully saturated rings. The maximum atomic E-state index is 13.8. The Morgan fingerprint density at radius 3 is 2.31 bits per heavy atom. The predicted molar refractivity (Wildman–Crippen MR) is 149 cm³/mol. The highest BCUT2D eigenvalue weighted by Crippen LogP contribution is 2.53. The van der Waals surface area contributed by atoms with Crippen molar-refractivity contribution in [3.05, 3.63) is 110 Å². The Kier molecular flexibility index (Phi) is 6.44. The summed E-state index contributed by atoms with van der Waals surface area (Å²) >= 11 is 2.14. The molecule has 3 amide bonds. The minimum Gasteiger partial charge on any atom is -0.325 e. The highest BCUT2D eigenvalue weighted by Gasteiger charge is 2.56. The molecule has 1 aromatic heterocycles. The number of amides is 3. The molecule has 1 N–H and O–H groups in total. The molecule has 39 heavy (non-hydrogen) atoms. The van der Waals surface area contributed by atoms with E-state index in [4.69, 9.17) is 0 Å². The van der Waals surface area contributed by atoms with Crippen molar-refractivity contribution in [3.63, 3.8) is 0 Å². The van der Waals surface area contributed by atoms with Crippen LogP contribution >= 0.6 is 23.1 Å². The van der Waals surface area contributed by atoms with Crippen LogP contribution in [0.4, 0.5) is 15.8 Å². The maximum absolute atomic E-state index is 13.8. The van der Waals surface area contributed by atoms with E-state index in [0.29, 0.717) is 21.3 Å². The number of aromatic nitrogens is 1. The van der Waals surface area contributed by atoms with Gasteiger partial charge < -0.3 is 5.32 Å². The highest BCUT2D eigenvalue weighted by molar-refractivity contribution is 8.00. The van der Waals surface area contributed by atoms with Crippen LogP contribution in [-0.4, -0.2) is 27.5 Å². The summed E-state index contributed by atoms with van der Waals surface area (Å²) in [6.07, 6.45) is 0. The molecule has 0 bridgehead atoms. The number of rotatable bonds is 5. The van der Waals surface area contributed by atoms with E-state index in [1.807, 2.05) is 49.4 Å². The number of thiazole rings is 1. The molecule has 1 saturated heterocycles. The normalized spacial score (nSPS) is 20.1. The molecule has 6 rings (SSSR count). The van der Waals surface area contributed by atoms with Crippen molar-refractivity contribution in [2.45, 2.75) is 29.7 Å². The van der Waals surface area contributed by atoms with Crippen molar-refractivity contribution >= 4 is 52.2 Å². The lowest BCUT2D eigenvalue weighted by Gasteiger charge is -2.30. The number of halogens is 1. The lowest BCUT2D eigenvalue weighted by molar-refractivity contribution is -0.122. The molecular formula is C29H22FN3O4S2. The summed E-state index contributed by atoms with van der Waals surface area (Å²) in [7, 11) is 0. The van der Waals surface area contributed by atoms with E-state index in [9.17, 15) is 23.6 Å². The van der Waals surface area contributed by atoms with Crippen molar-refractivity contribution in [1.82, 2.24) is 4.57 Å². The molecule has 0 saturated carbocycles. The zero-order valence-corrected chi connectivity index (χ0v) is 22.3. The smallest absolute Gasteiger partial charge is 0.308 e. The number of nitrogens with one attached hydrogen (secondary N) is 1. The van der Waals surface area contributed by atoms with Crippen molar-refractivity contribution in [1.29, 1.82) is 0 Å². The Labute approximate surface area is 231 Å². The van der Waals surface area contributed by atoms with E-state index in [1.165, 1.54) is 28.8 Å². The first-order valence-electron chi connectivity index (χ1n) is 12.3. The van der Waals surface area contributed by atoms with Crippen LogP contribution in [0, 0.1) is 18.7 Å². The van der Waals surface area contributed by atoms with Gasteiger partial charge in [0, 0.05) is 16.5 Å². The van der Waals surface area contributed by atoms with Crippen LogP contribution in [0.5, 0.6) is 0 Å². The Balaban J connectivity index is 1.39. The average molecular weight is 560 g/mol. The second-order valence-electron chi connectivity index (χ2n) is 9.48. The number of hydrogen-bond donors (Lipinski definition) is 1. The van der Waals surface area contributed by atoms with Crippen LogP contribution in [-0.2, 0) is 20.9 Å². The number of benzene rings is 3. The third kappa shape index (κ3) is 4.49. The zero-order valence-electron chi connectivity index (χ0n) is 20.7. The summed E-state index contributed by atoms with van der Waals surface area (Å²) < 4.78 is 15.0. The zero-order chi connectivity index (χ0) is 27.3. The summed E-state index contributed by atoms with van der Waals surface area (Å²) in [5.41, 5.74) is 2.77. The largest absolute Gasteiger partial charge is 0.325 e. The van der Waals surface area contributed by atoms with Gasteiger partial charge in [-0.3, -0.25) is 23.7 Å². The maximum Gasteiger partial charge on any atom is 0.308 e. The van der Waals surface area contributed by atoms with Crippen molar-refractivity contribution in [2.75, 3.05) is 10.2 Å². The second-order valence-corrected chi connectivity index (χ2v) is 11.6. The topological polar surface area (TPSA) is 88.5 Å². The number of anilines is 2. The molecule has 2 aliphatic rings. The Bertz CT molecular complexity index is 1650. The third-order valence-corrected chi connectivity index (χ3v) is 9.53. The van der Waals surface area contributed by atoms with Crippen molar-refractivity contribution in [2.24, 2.45) is 5.92 Å². The monoisotopic (exact) mass is 559 g/mol. The van der Waals surface area contributed by atoms with Gasteiger partial charge in [-0.05, 0) is 48.9 Å². The number of thioether (sulfide) groups is 1. The molecule has 10 heteroatoms.